The molecular formula is C24H29FN2O5S. The zero-order valence-corrected chi connectivity index (χ0v) is 20.1. The van der Waals surface area contributed by atoms with Crippen LogP contribution in [0.15, 0.2) is 41.3 Å². The van der Waals surface area contributed by atoms with E-state index in [1.807, 2.05) is 18.7 Å². The smallest absolute Gasteiger partial charge is 0.257 e. The predicted molar refractivity (Wildman–Crippen MR) is 124 cm³/mol. The first-order chi connectivity index (χ1) is 15.5. The van der Waals surface area contributed by atoms with Crippen LogP contribution in [0.2, 0.25) is 0 Å². The number of carbonyl (C=O) groups is 2. The lowest BCUT2D eigenvalue weighted by atomic mass is 9.99. The highest BCUT2D eigenvalue weighted by Crippen LogP contribution is 2.30. The Hall–Kier alpha value is -2.94. The van der Waals surface area contributed by atoms with E-state index >= 15 is 0 Å². The Labute approximate surface area is 194 Å². The van der Waals surface area contributed by atoms with Crippen LogP contribution in [0, 0.1) is 5.82 Å². The molecule has 1 fully saturated rings. The number of rotatable bonds is 7. The number of sulfone groups is 1. The molecule has 0 saturated carbocycles. The number of hydrogen-bond acceptors (Lipinski definition) is 6. The topological polar surface area (TPSA) is 84.0 Å². The fourth-order valence-corrected chi connectivity index (χ4v) is 4.48. The summed E-state index contributed by atoms with van der Waals surface area (Å²) in [4.78, 5) is 28.3. The molecule has 1 heterocycles. The van der Waals surface area contributed by atoms with Gasteiger partial charge in [-0.05, 0) is 49.7 Å². The molecule has 1 aliphatic heterocycles. The van der Waals surface area contributed by atoms with Gasteiger partial charge in [0.25, 0.3) is 5.91 Å². The van der Waals surface area contributed by atoms with Gasteiger partial charge in [-0.3, -0.25) is 4.79 Å². The standard InChI is InChI=1S/C24H29FN2O5S/c1-16(2)32-23-8-6-19(33(4,30)31)14-21(23)24(29)27-11-9-26(10-12-27)22-13-18(25)5-7-20(22)17(3)15-28/h5-8,13-17H,9-12H2,1-4H3. The monoisotopic (exact) mass is 476 g/mol. The second-order valence-corrected chi connectivity index (χ2v) is 10.5. The zero-order valence-electron chi connectivity index (χ0n) is 19.2. The van der Waals surface area contributed by atoms with Crippen LogP contribution in [0.5, 0.6) is 5.75 Å². The minimum Gasteiger partial charge on any atom is -0.490 e. The van der Waals surface area contributed by atoms with Crippen molar-refractivity contribution in [2.45, 2.75) is 37.7 Å². The highest BCUT2D eigenvalue weighted by atomic mass is 32.2. The number of nitrogens with zero attached hydrogens (tertiary/aromatic N) is 2. The van der Waals surface area contributed by atoms with Crippen molar-refractivity contribution in [3.05, 3.63) is 53.3 Å². The van der Waals surface area contributed by atoms with Crippen molar-refractivity contribution in [3.63, 3.8) is 0 Å². The first-order valence-electron chi connectivity index (χ1n) is 10.8. The number of hydrogen-bond donors (Lipinski definition) is 0. The van der Waals surface area contributed by atoms with E-state index in [1.165, 1.54) is 30.3 Å². The SMILES string of the molecule is CC(C)Oc1ccc(S(C)(=O)=O)cc1C(=O)N1CCN(c2cc(F)ccc2C(C)C=O)CC1. The average molecular weight is 477 g/mol. The summed E-state index contributed by atoms with van der Waals surface area (Å²) in [6, 6.07) is 8.67. The highest BCUT2D eigenvalue weighted by Gasteiger charge is 2.27. The summed E-state index contributed by atoms with van der Waals surface area (Å²) in [5, 5.41) is 0. The van der Waals surface area contributed by atoms with E-state index < -0.39 is 15.7 Å². The minimum atomic E-state index is -3.50. The molecule has 0 spiro atoms. The number of carbonyl (C=O) groups excluding carboxylic acids is 2. The molecule has 0 aromatic heterocycles. The second kappa shape index (κ2) is 9.91. The number of aldehydes is 1. The van der Waals surface area contributed by atoms with Gasteiger partial charge in [0.15, 0.2) is 9.84 Å². The van der Waals surface area contributed by atoms with Crippen molar-refractivity contribution < 1.29 is 27.1 Å². The Morgan fingerprint density at radius 1 is 1.06 bits per heavy atom. The third-order valence-electron chi connectivity index (χ3n) is 5.57. The van der Waals surface area contributed by atoms with Crippen molar-refractivity contribution in [1.29, 1.82) is 0 Å². The van der Waals surface area contributed by atoms with Gasteiger partial charge >= 0.3 is 0 Å². The van der Waals surface area contributed by atoms with Gasteiger partial charge in [0.05, 0.1) is 16.6 Å². The molecule has 1 unspecified atom stereocenters. The largest absolute Gasteiger partial charge is 0.490 e. The van der Waals surface area contributed by atoms with Gasteiger partial charge in [0.2, 0.25) is 0 Å². The molecule has 7 nitrogen and oxygen atoms in total. The van der Waals surface area contributed by atoms with Gasteiger partial charge in [-0.25, -0.2) is 12.8 Å². The van der Waals surface area contributed by atoms with E-state index in [9.17, 15) is 22.4 Å². The van der Waals surface area contributed by atoms with E-state index in [1.54, 1.807) is 17.9 Å². The molecule has 0 aliphatic carbocycles. The van der Waals surface area contributed by atoms with Crippen LogP contribution in [0.25, 0.3) is 0 Å². The number of ether oxygens (including phenoxy) is 1. The number of amides is 1. The summed E-state index contributed by atoms with van der Waals surface area (Å²) < 4.78 is 43.7. The molecule has 1 amide bonds. The van der Waals surface area contributed by atoms with Crippen LogP contribution < -0.4 is 9.64 Å². The molecule has 2 aromatic carbocycles. The van der Waals surface area contributed by atoms with Crippen LogP contribution >= 0.6 is 0 Å². The maximum atomic E-state index is 13.9. The van der Waals surface area contributed by atoms with Crippen molar-refractivity contribution in [2.75, 3.05) is 37.3 Å². The Balaban J connectivity index is 1.84. The van der Waals surface area contributed by atoms with Gasteiger partial charge in [-0.1, -0.05) is 13.0 Å². The summed E-state index contributed by atoms with van der Waals surface area (Å²) in [6.07, 6.45) is 1.72. The molecule has 1 aliphatic rings. The van der Waals surface area contributed by atoms with Crippen LogP contribution in [-0.4, -0.2) is 64.0 Å². The van der Waals surface area contributed by atoms with E-state index in [0.717, 1.165) is 18.1 Å². The predicted octanol–water partition coefficient (Wildman–Crippen LogP) is 3.28. The average Bonchev–Trinajstić information content (AvgIpc) is 2.77. The summed E-state index contributed by atoms with van der Waals surface area (Å²) in [5.74, 6) is -0.762. The molecule has 9 heteroatoms. The summed E-state index contributed by atoms with van der Waals surface area (Å²) in [5.41, 5.74) is 1.57. The molecule has 0 N–H and O–H groups in total. The van der Waals surface area contributed by atoms with Crippen LogP contribution in [0.3, 0.4) is 0 Å². The number of piperazine rings is 1. The van der Waals surface area contributed by atoms with Gasteiger partial charge in [-0.2, -0.15) is 0 Å². The van der Waals surface area contributed by atoms with E-state index in [4.69, 9.17) is 4.74 Å². The van der Waals surface area contributed by atoms with Crippen molar-refractivity contribution >= 4 is 27.7 Å². The molecule has 1 saturated heterocycles. The Morgan fingerprint density at radius 2 is 1.73 bits per heavy atom. The zero-order chi connectivity index (χ0) is 24.3. The lowest BCUT2D eigenvalue weighted by Gasteiger charge is -2.37. The molecule has 0 bridgehead atoms. The Kier molecular flexibility index (Phi) is 7.41. The van der Waals surface area contributed by atoms with Gasteiger partial charge in [0, 0.05) is 44.0 Å². The van der Waals surface area contributed by atoms with Gasteiger partial charge < -0.3 is 19.3 Å². The molecule has 0 radical (unpaired) electrons. The lowest BCUT2D eigenvalue weighted by Crippen LogP contribution is -2.49. The summed E-state index contributed by atoms with van der Waals surface area (Å²) >= 11 is 0. The normalized spacial score (nSPS) is 15.5. The highest BCUT2D eigenvalue weighted by molar-refractivity contribution is 7.90. The minimum absolute atomic E-state index is 0.0489. The van der Waals surface area contributed by atoms with Crippen molar-refractivity contribution in [1.82, 2.24) is 4.90 Å². The second-order valence-electron chi connectivity index (χ2n) is 8.50. The summed E-state index contributed by atoms with van der Waals surface area (Å²) in [6.45, 7) is 7.01. The maximum absolute atomic E-state index is 13.9. The number of anilines is 1. The van der Waals surface area contributed by atoms with Crippen molar-refractivity contribution in [2.24, 2.45) is 0 Å². The molecular weight excluding hydrogens is 447 g/mol. The van der Waals surface area contributed by atoms with Gasteiger partial charge in [-0.15, -0.1) is 0 Å². The number of benzene rings is 2. The fourth-order valence-electron chi connectivity index (χ4n) is 3.83. The summed E-state index contributed by atoms with van der Waals surface area (Å²) in [7, 11) is -3.50. The molecule has 33 heavy (non-hydrogen) atoms. The third kappa shape index (κ3) is 5.71. The van der Waals surface area contributed by atoms with Crippen molar-refractivity contribution in [3.8, 4) is 5.75 Å². The number of halogens is 1. The molecule has 178 valence electrons. The Bertz CT molecular complexity index is 1140. The fraction of sp³-hybridized carbons (Fsp3) is 0.417. The first-order valence-corrected chi connectivity index (χ1v) is 12.7. The van der Waals surface area contributed by atoms with Gasteiger partial charge in [0.1, 0.15) is 17.9 Å². The quantitative estimate of drug-likeness (QED) is 0.571. The van der Waals surface area contributed by atoms with Crippen LogP contribution in [0.1, 0.15) is 42.6 Å². The third-order valence-corrected chi connectivity index (χ3v) is 6.68. The Morgan fingerprint density at radius 3 is 2.30 bits per heavy atom. The van der Waals surface area contributed by atoms with Crippen LogP contribution in [-0.2, 0) is 14.6 Å². The molecule has 1 atom stereocenters. The molecule has 2 aromatic rings. The lowest BCUT2D eigenvalue weighted by molar-refractivity contribution is -0.108. The van der Waals surface area contributed by atoms with E-state index in [2.05, 4.69) is 0 Å². The van der Waals surface area contributed by atoms with E-state index in [-0.39, 0.29) is 28.4 Å². The van der Waals surface area contributed by atoms with E-state index in [0.29, 0.717) is 37.6 Å². The molecule has 3 rings (SSSR count). The van der Waals surface area contributed by atoms with Crippen LogP contribution in [0.4, 0.5) is 10.1 Å². The maximum Gasteiger partial charge on any atom is 0.257 e. The first kappa shape index (κ1) is 24.7.